The summed E-state index contributed by atoms with van der Waals surface area (Å²) in [7, 11) is 3.29. The number of halogens is 2. The Labute approximate surface area is 187 Å². The fourth-order valence-electron chi connectivity index (χ4n) is 3.08. The number of rotatable bonds is 10. The van der Waals surface area contributed by atoms with Gasteiger partial charge in [0.25, 0.3) is 0 Å². The highest BCUT2D eigenvalue weighted by Crippen LogP contribution is 2.28. The molecule has 0 unspecified atom stereocenters. The van der Waals surface area contributed by atoms with E-state index in [1.165, 1.54) is 5.56 Å². The second-order valence-corrected chi connectivity index (χ2v) is 7.59. The highest BCUT2D eigenvalue weighted by molar-refractivity contribution is 6.35. The van der Waals surface area contributed by atoms with E-state index in [2.05, 4.69) is 17.4 Å². The predicted molar refractivity (Wildman–Crippen MR) is 122 cm³/mol. The third-order valence-electron chi connectivity index (χ3n) is 4.72. The van der Waals surface area contributed by atoms with Crippen LogP contribution in [0.15, 0.2) is 60.7 Å². The first-order chi connectivity index (χ1) is 14.6. The van der Waals surface area contributed by atoms with E-state index in [1.807, 2.05) is 42.5 Å². The van der Waals surface area contributed by atoms with E-state index >= 15 is 0 Å². The van der Waals surface area contributed by atoms with Crippen LogP contribution in [0.3, 0.4) is 0 Å². The summed E-state index contributed by atoms with van der Waals surface area (Å²) >= 11 is 12.2. The van der Waals surface area contributed by atoms with Gasteiger partial charge in [-0.3, -0.25) is 0 Å². The molecule has 3 aromatic rings. The molecule has 1 N–H and O–H groups in total. The van der Waals surface area contributed by atoms with Gasteiger partial charge < -0.3 is 19.5 Å². The monoisotopic (exact) mass is 445 g/mol. The van der Waals surface area contributed by atoms with Gasteiger partial charge in [-0.1, -0.05) is 53.5 Å². The van der Waals surface area contributed by atoms with E-state index in [-0.39, 0.29) is 0 Å². The zero-order valence-electron chi connectivity index (χ0n) is 17.1. The molecule has 0 saturated carbocycles. The van der Waals surface area contributed by atoms with Crippen molar-refractivity contribution < 1.29 is 14.2 Å². The Hall–Kier alpha value is -2.40. The number of ether oxygens (including phenoxy) is 3. The third-order valence-corrected chi connectivity index (χ3v) is 5.31. The molecule has 4 nitrogen and oxygen atoms in total. The highest BCUT2D eigenvalue weighted by Gasteiger charge is 2.07. The lowest BCUT2D eigenvalue weighted by atomic mass is 10.1. The quantitative estimate of drug-likeness (QED) is 0.393. The smallest absolute Gasteiger partial charge is 0.160 e. The van der Waals surface area contributed by atoms with Crippen molar-refractivity contribution in [1.82, 2.24) is 5.32 Å². The van der Waals surface area contributed by atoms with Crippen LogP contribution in [0, 0.1) is 0 Å². The Balaban J connectivity index is 1.54. The average molecular weight is 446 g/mol. The Bertz CT molecular complexity index is 978. The summed E-state index contributed by atoms with van der Waals surface area (Å²) in [6.07, 6.45) is 0.879. The van der Waals surface area contributed by atoms with Gasteiger partial charge in [-0.25, -0.2) is 0 Å². The van der Waals surface area contributed by atoms with Crippen LogP contribution in [0.5, 0.6) is 17.2 Å². The number of methoxy groups -OCH3 is 2. The van der Waals surface area contributed by atoms with Crippen molar-refractivity contribution in [3.63, 3.8) is 0 Å². The van der Waals surface area contributed by atoms with Gasteiger partial charge in [0.15, 0.2) is 11.5 Å². The maximum absolute atomic E-state index is 6.24. The number of nitrogens with one attached hydrogen (secondary N) is 1. The number of hydrogen-bond donors (Lipinski definition) is 1. The summed E-state index contributed by atoms with van der Waals surface area (Å²) in [4.78, 5) is 0. The summed E-state index contributed by atoms with van der Waals surface area (Å²) in [5.74, 6) is 2.32. The predicted octanol–water partition coefficient (Wildman–Crippen LogP) is 5.92. The zero-order valence-corrected chi connectivity index (χ0v) is 18.6. The van der Waals surface area contributed by atoms with Crippen molar-refractivity contribution in [2.24, 2.45) is 0 Å². The van der Waals surface area contributed by atoms with E-state index in [4.69, 9.17) is 37.4 Å². The molecule has 6 heteroatoms. The lowest BCUT2D eigenvalue weighted by Gasteiger charge is -2.13. The molecule has 0 bridgehead atoms. The summed E-state index contributed by atoms with van der Waals surface area (Å²) in [6.45, 7) is 1.92. The van der Waals surface area contributed by atoms with Crippen molar-refractivity contribution >= 4 is 23.2 Å². The number of para-hydroxylation sites is 1. The van der Waals surface area contributed by atoms with Gasteiger partial charge in [0.05, 0.1) is 14.2 Å². The summed E-state index contributed by atoms with van der Waals surface area (Å²) in [5.41, 5.74) is 3.18. The van der Waals surface area contributed by atoms with Crippen LogP contribution in [-0.2, 0) is 19.6 Å². The van der Waals surface area contributed by atoms with E-state index in [9.17, 15) is 0 Å². The molecule has 0 aromatic heterocycles. The van der Waals surface area contributed by atoms with Crippen LogP contribution in [0.1, 0.15) is 16.7 Å². The Kier molecular flexibility index (Phi) is 8.26. The average Bonchev–Trinajstić information content (AvgIpc) is 2.76. The summed E-state index contributed by atoms with van der Waals surface area (Å²) < 4.78 is 16.7. The van der Waals surface area contributed by atoms with Crippen LogP contribution < -0.4 is 19.5 Å². The summed E-state index contributed by atoms with van der Waals surface area (Å²) in [5, 5.41) is 4.70. The third kappa shape index (κ3) is 6.05. The molecule has 0 saturated heterocycles. The minimum absolute atomic E-state index is 0.388. The Morgan fingerprint density at radius 2 is 1.60 bits per heavy atom. The highest BCUT2D eigenvalue weighted by atomic mass is 35.5. The molecule has 3 rings (SSSR count). The molecule has 0 spiro atoms. The Morgan fingerprint density at radius 1 is 0.800 bits per heavy atom. The molecular weight excluding hydrogens is 421 g/mol. The molecule has 0 heterocycles. The molecule has 0 fully saturated rings. The van der Waals surface area contributed by atoms with Gasteiger partial charge in [0.1, 0.15) is 12.4 Å². The fourth-order valence-corrected chi connectivity index (χ4v) is 3.54. The van der Waals surface area contributed by atoms with Crippen molar-refractivity contribution in [1.29, 1.82) is 0 Å². The molecule has 0 aliphatic rings. The van der Waals surface area contributed by atoms with Crippen LogP contribution in [0.25, 0.3) is 0 Å². The van der Waals surface area contributed by atoms with Gasteiger partial charge in [-0.15, -0.1) is 0 Å². The molecule has 158 valence electrons. The van der Waals surface area contributed by atoms with E-state index < -0.39 is 0 Å². The second kappa shape index (κ2) is 11.1. The van der Waals surface area contributed by atoms with Crippen molar-refractivity contribution in [3.8, 4) is 17.2 Å². The minimum Gasteiger partial charge on any atom is -0.493 e. The first-order valence-electron chi connectivity index (χ1n) is 9.67. The van der Waals surface area contributed by atoms with Crippen molar-refractivity contribution in [2.45, 2.75) is 19.6 Å². The first kappa shape index (κ1) is 22.3. The normalized spacial score (nSPS) is 10.7. The lowest BCUT2D eigenvalue weighted by molar-refractivity contribution is 0.302. The van der Waals surface area contributed by atoms with Gasteiger partial charge in [0.2, 0.25) is 0 Å². The topological polar surface area (TPSA) is 39.7 Å². The molecule has 0 aliphatic heterocycles. The fraction of sp³-hybridized carbons (Fsp3) is 0.250. The van der Waals surface area contributed by atoms with E-state index in [1.54, 1.807) is 20.3 Å². The van der Waals surface area contributed by atoms with Gasteiger partial charge in [-0.05, 0) is 48.9 Å². The lowest BCUT2D eigenvalue weighted by Crippen LogP contribution is -2.17. The Morgan fingerprint density at radius 3 is 2.37 bits per heavy atom. The van der Waals surface area contributed by atoms with Crippen LogP contribution >= 0.6 is 23.2 Å². The summed E-state index contributed by atoms with van der Waals surface area (Å²) in [6, 6.07) is 19.4. The molecule has 30 heavy (non-hydrogen) atoms. The van der Waals surface area contributed by atoms with Gasteiger partial charge >= 0.3 is 0 Å². The van der Waals surface area contributed by atoms with Crippen LogP contribution in [-0.4, -0.2) is 20.8 Å². The van der Waals surface area contributed by atoms with Crippen LogP contribution in [0.4, 0.5) is 0 Å². The molecule has 0 atom stereocenters. The van der Waals surface area contributed by atoms with Crippen molar-refractivity contribution in [3.05, 3.63) is 87.4 Å². The maximum atomic E-state index is 6.24. The van der Waals surface area contributed by atoms with E-state index in [0.29, 0.717) is 23.2 Å². The molecule has 3 aromatic carbocycles. The second-order valence-electron chi connectivity index (χ2n) is 6.75. The van der Waals surface area contributed by atoms with Crippen molar-refractivity contribution in [2.75, 3.05) is 20.8 Å². The van der Waals surface area contributed by atoms with Crippen LogP contribution in [0.2, 0.25) is 10.0 Å². The largest absolute Gasteiger partial charge is 0.493 e. The number of hydrogen-bond acceptors (Lipinski definition) is 4. The molecule has 0 radical (unpaired) electrons. The SMILES string of the molecule is COc1ccc(CCNCc2ccccc2OCc2ccc(Cl)cc2Cl)cc1OC. The standard InChI is InChI=1S/C24H25Cl2NO3/c1-28-23-10-7-17(13-24(23)29-2)11-12-27-15-18-5-3-4-6-22(18)30-16-19-8-9-20(25)14-21(19)26/h3-10,13-14,27H,11-12,15-16H2,1-2H3. The number of benzene rings is 3. The molecule has 0 amide bonds. The van der Waals surface area contributed by atoms with Gasteiger partial charge in [-0.2, -0.15) is 0 Å². The molecule has 0 aliphatic carbocycles. The van der Waals surface area contributed by atoms with E-state index in [0.717, 1.165) is 41.3 Å². The zero-order chi connectivity index (χ0) is 21.3. The molecular formula is C24H25Cl2NO3. The maximum Gasteiger partial charge on any atom is 0.160 e. The minimum atomic E-state index is 0.388. The van der Waals surface area contributed by atoms with Gasteiger partial charge in [0, 0.05) is 27.7 Å². The first-order valence-corrected chi connectivity index (χ1v) is 10.4.